The molecule has 2 amide bonds. The van der Waals surface area contributed by atoms with Crippen LogP contribution in [0.25, 0.3) is 0 Å². The fourth-order valence-electron chi connectivity index (χ4n) is 1.57. The maximum atomic E-state index is 11.7. The minimum absolute atomic E-state index is 0.0749. The molecule has 1 aromatic heterocycles. The van der Waals surface area contributed by atoms with Gasteiger partial charge in [-0.05, 0) is 25.0 Å². The van der Waals surface area contributed by atoms with E-state index in [0.717, 1.165) is 11.3 Å². The Balaban J connectivity index is 2.97. The van der Waals surface area contributed by atoms with Gasteiger partial charge >= 0.3 is 0 Å². The van der Waals surface area contributed by atoms with E-state index in [4.69, 9.17) is 0 Å². The highest BCUT2D eigenvalue weighted by atomic mass is 16.5. The molecule has 0 radical (unpaired) electrons. The van der Waals surface area contributed by atoms with E-state index in [1.54, 1.807) is 6.92 Å². The lowest BCUT2D eigenvalue weighted by molar-refractivity contribution is -0.123. The summed E-state index contributed by atoms with van der Waals surface area (Å²) in [6.07, 6.45) is 0.672. The summed E-state index contributed by atoms with van der Waals surface area (Å²) in [5, 5.41) is 2.08. The quantitative estimate of drug-likeness (QED) is 0.798. The van der Waals surface area contributed by atoms with Crippen LogP contribution in [0.1, 0.15) is 28.5 Å². The van der Waals surface area contributed by atoms with Crippen LogP contribution >= 0.6 is 0 Å². The number of hydrogen-bond acceptors (Lipinski definition) is 4. The number of aryl methyl sites for hydroxylation is 2. The summed E-state index contributed by atoms with van der Waals surface area (Å²) in [7, 11) is 1.34. The lowest BCUT2D eigenvalue weighted by Crippen LogP contribution is -2.36. The SMILES string of the molecule is CCc1[nH]c(=O)c(C(=O)NC(=O)COC)cc1C. The molecule has 0 aliphatic heterocycles. The van der Waals surface area contributed by atoms with E-state index in [1.165, 1.54) is 13.2 Å². The lowest BCUT2D eigenvalue weighted by atomic mass is 10.1. The zero-order chi connectivity index (χ0) is 13.7. The largest absolute Gasteiger partial charge is 0.375 e. The Morgan fingerprint density at radius 2 is 2.11 bits per heavy atom. The molecular weight excluding hydrogens is 236 g/mol. The van der Waals surface area contributed by atoms with Crippen molar-refractivity contribution >= 4 is 11.8 Å². The van der Waals surface area contributed by atoms with Crippen molar-refractivity contribution in [3.8, 4) is 0 Å². The number of ether oxygens (including phenoxy) is 1. The first-order valence-electron chi connectivity index (χ1n) is 5.55. The summed E-state index contributed by atoms with van der Waals surface area (Å²) >= 11 is 0. The summed E-state index contributed by atoms with van der Waals surface area (Å²) in [6, 6.07) is 1.48. The Hall–Kier alpha value is -1.95. The number of carbonyl (C=O) groups is 2. The highest BCUT2D eigenvalue weighted by molar-refractivity contribution is 6.04. The Morgan fingerprint density at radius 3 is 2.67 bits per heavy atom. The number of aromatic amines is 1. The summed E-state index contributed by atoms with van der Waals surface area (Å²) < 4.78 is 4.58. The summed E-state index contributed by atoms with van der Waals surface area (Å²) in [4.78, 5) is 37.2. The van der Waals surface area contributed by atoms with Crippen LogP contribution in [0, 0.1) is 6.92 Å². The molecule has 0 saturated carbocycles. The molecule has 0 saturated heterocycles. The number of aromatic nitrogens is 1. The molecule has 2 N–H and O–H groups in total. The number of rotatable bonds is 4. The Kier molecular flexibility index (Phi) is 4.79. The monoisotopic (exact) mass is 252 g/mol. The number of hydrogen-bond donors (Lipinski definition) is 2. The minimum atomic E-state index is -0.718. The van der Waals surface area contributed by atoms with Gasteiger partial charge in [-0.15, -0.1) is 0 Å². The van der Waals surface area contributed by atoms with Crippen molar-refractivity contribution in [3.05, 3.63) is 33.2 Å². The summed E-state index contributed by atoms with van der Waals surface area (Å²) in [6.45, 7) is 3.47. The molecule has 0 spiro atoms. The molecule has 1 heterocycles. The van der Waals surface area contributed by atoms with Crippen molar-refractivity contribution in [2.75, 3.05) is 13.7 Å². The zero-order valence-electron chi connectivity index (χ0n) is 10.6. The smallest absolute Gasteiger partial charge is 0.263 e. The Morgan fingerprint density at radius 1 is 1.44 bits per heavy atom. The number of nitrogens with one attached hydrogen (secondary N) is 2. The van der Waals surface area contributed by atoms with E-state index < -0.39 is 17.4 Å². The highest BCUT2D eigenvalue weighted by Crippen LogP contribution is 2.04. The number of methoxy groups -OCH3 is 1. The molecule has 0 aliphatic rings. The summed E-state index contributed by atoms with van der Waals surface area (Å²) in [5.41, 5.74) is 1.01. The number of carbonyl (C=O) groups excluding carboxylic acids is 2. The van der Waals surface area contributed by atoms with E-state index >= 15 is 0 Å². The van der Waals surface area contributed by atoms with Gasteiger partial charge in [0, 0.05) is 12.8 Å². The third-order valence-electron chi connectivity index (χ3n) is 2.47. The van der Waals surface area contributed by atoms with Crippen LogP contribution < -0.4 is 10.9 Å². The molecule has 0 aromatic carbocycles. The van der Waals surface area contributed by atoms with E-state index in [2.05, 4.69) is 15.0 Å². The zero-order valence-corrected chi connectivity index (χ0v) is 10.6. The minimum Gasteiger partial charge on any atom is -0.375 e. The molecule has 0 atom stereocenters. The Labute approximate surface area is 104 Å². The van der Waals surface area contributed by atoms with Gasteiger partial charge in [0.25, 0.3) is 17.4 Å². The summed E-state index contributed by atoms with van der Waals surface area (Å²) in [5.74, 6) is -1.30. The third-order valence-corrected chi connectivity index (χ3v) is 2.47. The first kappa shape index (κ1) is 14.1. The van der Waals surface area contributed by atoms with Crippen LogP contribution in [0.15, 0.2) is 10.9 Å². The van der Waals surface area contributed by atoms with Gasteiger partial charge < -0.3 is 9.72 Å². The predicted octanol–water partition coefficient (Wildman–Crippen LogP) is 0.149. The molecular formula is C12H16N2O4. The van der Waals surface area contributed by atoms with Crippen LogP contribution in [0.3, 0.4) is 0 Å². The molecule has 0 fully saturated rings. The van der Waals surface area contributed by atoms with E-state index in [1.807, 2.05) is 6.92 Å². The maximum Gasteiger partial charge on any atom is 0.263 e. The van der Waals surface area contributed by atoms with Crippen LogP contribution in [0.2, 0.25) is 0 Å². The normalized spacial score (nSPS) is 10.2. The second-order valence-corrected chi connectivity index (χ2v) is 3.84. The first-order chi connectivity index (χ1) is 8.49. The second kappa shape index (κ2) is 6.11. The van der Waals surface area contributed by atoms with E-state index in [9.17, 15) is 14.4 Å². The molecule has 6 heteroatoms. The van der Waals surface area contributed by atoms with E-state index in [0.29, 0.717) is 6.42 Å². The van der Waals surface area contributed by atoms with Gasteiger partial charge in [-0.3, -0.25) is 19.7 Å². The second-order valence-electron chi connectivity index (χ2n) is 3.84. The average Bonchev–Trinajstić information content (AvgIpc) is 2.31. The molecule has 1 aromatic rings. The van der Waals surface area contributed by atoms with Crippen molar-refractivity contribution in [1.82, 2.24) is 10.3 Å². The van der Waals surface area contributed by atoms with Crippen LogP contribution in [-0.2, 0) is 16.0 Å². The van der Waals surface area contributed by atoms with Crippen LogP contribution in [0.5, 0.6) is 0 Å². The van der Waals surface area contributed by atoms with E-state index in [-0.39, 0.29) is 12.2 Å². The van der Waals surface area contributed by atoms with Crippen LogP contribution in [0.4, 0.5) is 0 Å². The standard InChI is InChI=1S/C12H16N2O4/c1-4-9-7(2)5-8(11(16)13-9)12(17)14-10(15)6-18-3/h5H,4,6H2,1-3H3,(H,13,16)(H,14,15,17). The van der Waals surface area contributed by atoms with Crippen molar-refractivity contribution in [2.24, 2.45) is 0 Å². The molecule has 1 rings (SSSR count). The molecule has 0 bridgehead atoms. The van der Waals surface area contributed by atoms with Gasteiger partial charge in [0.2, 0.25) is 0 Å². The van der Waals surface area contributed by atoms with Crippen molar-refractivity contribution in [2.45, 2.75) is 20.3 Å². The number of amides is 2. The number of pyridine rings is 1. The molecule has 0 unspecified atom stereocenters. The topological polar surface area (TPSA) is 88.3 Å². The fraction of sp³-hybridized carbons (Fsp3) is 0.417. The predicted molar refractivity (Wildman–Crippen MR) is 65.5 cm³/mol. The Bertz CT molecular complexity index is 519. The molecule has 18 heavy (non-hydrogen) atoms. The fourth-order valence-corrected chi connectivity index (χ4v) is 1.57. The van der Waals surface area contributed by atoms with Crippen molar-refractivity contribution in [3.63, 3.8) is 0 Å². The maximum absolute atomic E-state index is 11.7. The van der Waals surface area contributed by atoms with Gasteiger partial charge in [-0.25, -0.2) is 0 Å². The highest BCUT2D eigenvalue weighted by Gasteiger charge is 2.15. The molecule has 6 nitrogen and oxygen atoms in total. The van der Waals surface area contributed by atoms with Gasteiger partial charge in [0.1, 0.15) is 12.2 Å². The van der Waals surface area contributed by atoms with Crippen molar-refractivity contribution in [1.29, 1.82) is 0 Å². The number of imide groups is 1. The van der Waals surface area contributed by atoms with Crippen molar-refractivity contribution < 1.29 is 14.3 Å². The van der Waals surface area contributed by atoms with Crippen LogP contribution in [-0.4, -0.2) is 30.5 Å². The third kappa shape index (κ3) is 3.27. The first-order valence-corrected chi connectivity index (χ1v) is 5.55. The van der Waals surface area contributed by atoms with Gasteiger partial charge in [0.15, 0.2) is 0 Å². The lowest BCUT2D eigenvalue weighted by Gasteiger charge is -2.06. The average molecular weight is 252 g/mol. The number of H-pyrrole nitrogens is 1. The van der Waals surface area contributed by atoms with Gasteiger partial charge in [0.05, 0.1) is 0 Å². The van der Waals surface area contributed by atoms with Gasteiger partial charge in [-0.2, -0.15) is 0 Å². The molecule has 0 aliphatic carbocycles. The molecule has 98 valence electrons. The van der Waals surface area contributed by atoms with Gasteiger partial charge in [-0.1, -0.05) is 6.92 Å².